The second-order valence-electron chi connectivity index (χ2n) is 6.00. The van der Waals surface area contributed by atoms with E-state index in [1.807, 2.05) is 54.6 Å². The number of hydrogen-bond donors (Lipinski definition) is 2. The number of nitrogens with two attached hydrogens (primary N) is 1. The Kier molecular flexibility index (Phi) is 3.69. The molecular weight excluding hydrogens is 330 g/mol. The molecule has 4 rings (SSSR count). The number of nitrogens with one attached hydrogen (secondary N) is 1. The normalized spacial score (nSPS) is 19.5. The number of nitrogens with zero attached hydrogens (tertiary/aromatic N) is 3. The first-order valence-electron chi connectivity index (χ1n) is 8.08. The van der Waals surface area contributed by atoms with Crippen LogP contribution in [0.25, 0.3) is 0 Å². The van der Waals surface area contributed by atoms with E-state index in [0.29, 0.717) is 5.82 Å². The van der Waals surface area contributed by atoms with Gasteiger partial charge >= 0.3 is 0 Å². The lowest BCUT2D eigenvalue weighted by molar-refractivity contribution is -0.129. The predicted molar refractivity (Wildman–Crippen MR) is 97.8 cm³/mol. The average Bonchev–Trinajstić information content (AvgIpc) is 3.26. The second-order valence-corrected chi connectivity index (χ2v) is 6.00. The first kappa shape index (κ1) is 15.9. The van der Waals surface area contributed by atoms with Crippen LogP contribution in [0.3, 0.4) is 0 Å². The highest BCUT2D eigenvalue weighted by Gasteiger charge is 2.49. The fourth-order valence-electron chi connectivity index (χ4n) is 3.11. The number of carbonyl (C=O) groups excluding carboxylic acids is 1. The summed E-state index contributed by atoms with van der Waals surface area (Å²) in [7, 11) is 1.63. The number of benzene rings is 2. The van der Waals surface area contributed by atoms with Crippen LogP contribution in [-0.4, -0.2) is 29.0 Å². The summed E-state index contributed by atoms with van der Waals surface area (Å²) in [5.74, 6) is 0.572. The summed E-state index contributed by atoms with van der Waals surface area (Å²) in [6.45, 7) is 0. The quantitative estimate of drug-likeness (QED) is 0.756. The lowest BCUT2D eigenvalue weighted by Crippen LogP contribution is -2.41. The lowest BCUT2D eigenvalue weighted by atomic mass is 9.82. The van der Waals surface area contributed by atoms with Gasteiger partial charge in [0.15, 0.2) is 17.3 Å². The smallest absolute Gasteiger partial charge is 0.266 e. The zero-order valence-electron chi connectivity index (χ0n) is 14.1. The van der Waals surface area contributed by atoms with Crippen LogP contribution in [0.1, 0.15) is 11.1 Å². The third kappa shape index (κ3) is 2.41. The van der Waals surface area contributed by atoms with Crippen LogP contribution < -0.4 is 11.1 Å². The molecule has 1 atom stereocenters. The first-order chi connectivity index (χ1) is 12.6. The van der Waals surface area contributed by atoms with Crippen molar-refractivity contribution in [3.63, 3.8) is 0 Å². The SMILES string of the molecule is CN1C(=O)[C@](c2ccccc2)(c2cccc(Nc3ccon3)c2)N=C1N. The Morgan fingerprint density at radius 1 is 1.08 bits per heavy atom. The van der Waals surface area contributed by atoms with Crippen LogP contribution >= 0.6 is 0 Å². The minimum Gasteiger partial charge on any atom is -0.369 e. The van der Waals surface area contributed by atoms with Gasteiger partial charge in [0.1, 0.15) is 6.26 Å². The van der Waals surface area contributed by atoms with Crippen LogP contribution in [0.5, 0.6) is 0 Å². The molecule has 1 aromatic heterocycles. The van der Waals surface area contributed by atoms with E-state index < -0.39 is 5.54 Å². The predicted octanol–water partition coefficient (Wildman–Crippen LogP) is 2.45. The molecule has 3 N–H and O–H groups in total. The van der Waals surface area contributed by atoms with Gasteiger partial charge < -0.3 is 15.6 Å². The van der Waals surface area contributed by atoms with E-state index in [-0.39, 0.29) is 11.9 Å². The van der Waals surface area contributed by atoms with Gasteiger partial charge in [-0.25, -0.2) is 4.99 Å². The van der Waals surface area contributed by atoms with Crippen molar-refractivity contribution < 1.29 is 9.32 Å². The molecule has 0 saturated carbocycles. The highest BCUT2D eigenvalue weighted by Crippen LogP contribution is 2.40. The van der Waals surface area contributed by atoms with Gasteiger partial charge in [0, 0.05) is 18.8 Å². The summed E-state index contributed by atoms with van der Waals surface area (Å²) in [4.78, 5) is 19.1. The Balaban J connectivity index is 1.85. The Bertz CT molecular complexity index is 969. The fraction of sp³-hybridized carbons (Fsp3) is 0.105. The molecule has 0 bridgehead atoms. The zero-order valence-corrected chi connectivity index (χ0v) is 14.1. The topological polar surface area (TPSA) is 96.8 Å². The third-order valence-electron chi connectivity index (χ3n) is 4.42. The van der Waals surface area contributed by atoms with E-state index in [1.54, 1.807) is 13.1 Å². The molecular formula is C19H17N5O2. The molecule has 1 amide bonds. The van der Waals surface area contributed by atoms with Crippen molar-refractivity contribution in [2.24, 2.45) is 10.7 Å². The van der Waals surface area contributed by atoms with Crippen LogP contribution in [0.2, 0.25) is 0 Å². The van der Waals surface area contributed by atoms with Crippen LogP contribution in [0, 0.1) is 0 Å². The molecule has 0 radical (unpaired) electrons. The molecule has 2 aromatic carbocycles. The number of hydrogen-bond acceptors (Lipinski definition) is 6. The Morgan fingerprint density at radius 2 is 1.85 bits per heavy atom. The fourth-order valence-corrected chi connectivity index (χ4v) is 3.11. The molecule has 0 saturated heterocycles. The second kappa shape index (κ2) is 6.03. The Hall–Kier alpha value is -3.61. The molecule has 1 aliphatic heterocycles. The van der Waals surface area contributed by atoms with Crippen molar-refractivity contribution in [2.75, 3.05) is 12.4 Å². The number of carbonyl (C=O) groups is 1. The Labute approximate surface area is 150 Å². The van der Waals surface area contributed by atoms with Crippen molar-refractivity contribution in [1.29, 1.82) is 0 Å². The van der Waals surface area contributed by atoms with Crippen molar-refractivity contribution in [2.45, 2.75) is 5.54 Å². The van der Waals surface area contributed by atoms with Crippen molar-refractivity contribution >= 4 is 23.4 Å². The molecule has 2 heterocycles. The van der Waals surface area contributed by atoms with E-state index in [2.05, 4.69) is 15.5 Å². The van der Waals surface area contributed by atoms with Crippen LogP contribution in [-0.2, 0) is 10.3 Å². The summed E-state index contributed by atoms with van der Waals surface area (Å²) in [5, 5.41) is 6.99. The van der Waals surface area contributed by atoms with Crippen molar-refractivity contribution in [3.05, 3.63) is 78.1 Å². The summed E-state index contributed by atoms with van der Waals surface area (Å²) >= 11 is 0. The highest BCUT2D eigenvalue weighted by molar-refractivity contribution is 6.09. The van der Waals surface area contributed by atoms with E-state index in [9.17, 15) is 4.79 Å². The lowest BCUT2D eigenvalue weighted by Gasteiger charge is -2.26. The summed E-state index contributed by atoms with van der Waals surface area (Å²) in [6, 6.07) is 18.6. The van der Waals surface area contributed by atoms with Gasteiger partial charge in [0.25, 0.3) is 5.91 Å². The number of rotatable bonds is 4. The number of amides is 1. The average molecular weight is 347 g/mol. The molecule has 0 spiro atoms. The molecule has 26 heavy (non-hydrogen) atoms. The molecule has 3 aromatic rings. The molecule has 0 unspecified atom stereocenters. The molecule has 0 aliphatic carbocycles. The molecule has 1 aliphatic rings. The van der Waals surface area contributed by atoms with Gasteiger partial charge in [-0.05, 0) is 23.3 Å². The number of aromatic nitrogens is 1. The maximum absolute atomic E-state index is 13.2. The first-order valence-corrected chi connectivity index (χ1v) is 8.08. The van der Waals surface area contributed by atoms with Crippen LogP contribution in [0.15, 0.2) is 76.4 Å². The van der Waals surface area contributed by atoms with Gasteiger partial charge in [-0.3, -0.25) is 9.69 Å². The van der Waals surface area contributed by atoms with Crippen LogP contribution in [0.4, 0.5) is 11.5 Å². The number of guanidine groups is 1. The van der Waals surface area contributed by atoms with E-state index in [4.69, 9.17) is 10.3 Å². The summed E-state index contributed by atoms with van der Waals surface area (Å²) in [5.41, 5.74) is 7.02. The molecule has 0 fully saturated rings. The molecule has 7 nitrogen and oxygen atoms in total. The summed E-state index contributed by atoms with van der Waals surface area (Å²) < 4.78 is 4.84. The van der Waals surface area contributed by atoms with Crippen molar-refractivity contribution in [1.82, 2.24) is 10.1 Å². The third-order valence-corrected chi connectivity index (χ3v) is 4.42. The van der Waals surface area contributed by atoms with Gasteiger partial charge in [-0.1, -0.05) is 47.6 Å². The van der Waals surface area contributed by atoms with Gasteiger partial charge in [0.05, 0.1) is 0 Å². The van der Waals surface area contributed by atoms with Crippen molar-refractivity contribution in [3.8, 4) is 0 Å². The van der Waals surface area contributed by atoms with E-state index in [1.165, 1.54) is 11.2 Å². The summed E-state index contributed by atoms with van der Waals surface area (Å²) in [6.07, 6.45) is 1.48. The largest absolute Gasteiger partial charge is 0.369 e. The van der Waals surface area contributed by atoms with E-state index in [0.717, 1.165) is 16.8 Å². The zero-order chi connectivity index (χ0) is 18.1. The monoisotopic (exact) mass is 347 g/mol. The minimum atomic E-state index is -1.21. The molecule has 130 valence electrons. The van der Waals surface area contributed by atoms with E-state index >= 15 is 0 Å². The maximum Gasteiger partial charge on any atom is 0.266 e. The highest BCUT2D eigenvalue weighted by atomic mass is 16.5. The Morgan fingerprint density at radius 3 is 2.50 bits per heavy atom. The number of likely N-dealkylation sites (N-methyl/N-ethyl adjacent to an activating group) is 1. The van der Waals surface area contributed by atoms with Gasteiger partial charge in [-0.2, -0.15) is 0 Å². The van der Waals surface area contributed by atoms with Gasteiger partial charge in [0.2, 0.25) is 0 Å². The maximum atomic E-state index is 13.2. The van der Waals surface area contributed by atoms with Gasteiger partial charge in [-0.15, -0.1) is 0 Å². The minimum absolute atomic E-state index is 0.189. The number of anilines is 2. The number of aliphatic imine (C=N–C) groups is 1. The standard InChI is InChI=1S/C19H17N5O2/c1-24-17(25)19(22-18(24)20,13-6-3-2-4-7-13)14-8-5-9-15(12-14)21-16-10-11-26-23-16/h2-12H,1H3,(H2,20,22)(H,21,23)/t19-/m0/s1. The molecule has 7 heteroatoms.